The summed E-state index contributed by atoms with van der Waals surface area (Å²) in [5, 5.41) is 0. The average Bonchev–Trinajstić information content (AvgIpc) is 2.46. The molecule has 0 aromatic heterocycles. The smallest absolute Gasteiger partial charge is 0.118 e. The Labute approximate surface area is 109 Å². The Morgan fingerprint density at radius 1 is 0.889 bits per heavy atom. The van der Waals surface area contributed by atoms with Gasteiger partial charge in [-0.1, -0.05) is 55.8 Å². The molecule has 0 heterocycles. The zero-order valence-corrected chi connectivity index (χ0v) is 11.1. The number of hydrogen-bond donors (Lipinski definition) is 0. The topological polar surface area (TPSA) is 9.23 Å². The van der Waals surface area contributed by atoms with Crippen LogP contribution in [0.4, 0.5) is 0 Å². The van der Waals surface area contributed by atoms with Crippen molar-refractivity contribution < 1.29 is 4.74 Å². The van der Waals surface area contributed by atoms with Crippen molar-refractivity contribution in [2.24, 2.45) is 0 Å². The summed E-state index contributed by atoms with van der Waals surface area (Å²) in [6.07, 6.45) is 2.36. The van der Waals surface area contributed by atoms with E-state index in [2.05, 4.69) is 49.4 Å². The molecule has 0 saturated heterocycles. The first-order valence-electron chi connectivity index (χ1n) is 6.54. The van der Waals surface area contributed by atoms with Crippen molar-refractivity contribution in [1.29, 1.82) is 0 Å². The molecule has 0 bridgehead atoms. The minimum absolute atomic E-state index is 0.488. The normalized spacial score (nSPS) is 12.1. The first-order valence-corrected chi connectivity index (χ1v) is 6.54. The van der Waals surface area contributed by atoms with Crippen LogP contribution < -0.4 is 4.74 Å². The van der Waals surface area contributed by atoms with Crippen molar-refractivity contribution in [2.45, 2.75) is 25.7 Å². The predicted molar refractivity (Wildman–Crippen MR) is 76.2 cm³/mol. The van der Waals surface area contributed by atoms with Crippen LogP contribution in [0, 0.1) is 0 Å². The highest BCUT2D eigenvalue weighted by molar-refractivity contribution is 5.35. The van der Waals surface area contributed by atoms with Gasteiger partial charge in [0.2, 0.25) is 0 Å². The molecule has 0 N–H and O–H groups in total. The standard InChI is InChI=1S/C17H20O/c1-3-7-17(14-8-5-4-6-9-14)15-10-12-16(18-2)13-11-15/h4-6,8-13,17H,3,7H2,1-2H3. The quantitative estimate of drug-likeness (QED) is 0.740. The lowest BCUT2D eigenvalue weighted by molar-refractivity contribution is 0.414. The number of benzene rings is 2. The maximum atomic E-state index is 5.21. The van der Waals surface area contributed by atoms with E-state index in [0.29, 0.717) is 5.92 Å². The van der Waals surface area contributed by atoms with Gasteiger partial charge in [0, 0.05) is 5.92 Å². The Bertz CT molecular complexity index is 459. The second kappa shape index (κ2) is 6.25. The average molecular weight is 240 g/mol. The maximum Gasteiger partial charge on any atom is 0.118 e. The highest BCUT2D eigenvalue weighted by Gasteiger charge is 2.12. The van der Waals surface area contributed by atoms with Crippen molar-refractivity contribution in [3.8, 4) is 5.75 Å². The molecule has 94 valence electrons. The van der Waals surface area contributed by atoms with Crippen LogP contribution in [-0.2, 0) is 0 Å². The largest absolute Gasteiger partial charge is 0.497 e. The Morgan fingerprint density at radius 3 is 2.06 bits per heavy atom. The van der Waals surface area contributed by atoms with Crippen molar-refractivity contribution >= 4 is 0 Å². The number of methoxy groups -OCH3 is 1. The van der Waals surface area contributed by atoms with Crippen LogP contribution in [-0.4, -0.2) is 7.11 Å². The maximum absolute atomic E-state index is 5.21. The van der Waals surface area contributed by atoms with Crippen LogP contribution in [0.1, 0.15) is 36.8 Å². The molecule has 1 unspecified atom stereocenters. The molecule has 0 aliphatic heterocycles. The van der Waals surface area contributed by atoms with E-state index in [1.165, 1.54) is 24.0 Å². The van der Waals surface area contributed by atoms with Gasteiger partial charge in [-0.25, -0.2) is 0 Å². The van der Waals surface area contributed by atoms with Crippen molar-refractivity contribution in [3.63, 3.8) is 0 Å². The molecule has 0 aliphatic rings. The Kier molecular flexibility index (Phi) is 4.40. The van der Waals surface area contributed by atoms with Crippen LogP contribution in [0.15, 0.2) is 54.6 Å². The van der Waals surface area contributed by atoms with Crippen LogP contribution in [0.2, 0.25) is 0 Å². The molecular weight excluding hydrogens is 220 g/mol. The molecule has 0 aliphatic carbocycles. The summed E-state index contributed by atoms with van der Waals surface area (Å²) >= 11 is 0. The number of hydrogen-bond acceptors (Lipinski definition) is 1. The SMILES string of the molecule is CCCC(c1ccccc1)c1ccc(OC)cc1. The monoisotopic (exact) mass is 240 g/mol. The van der Waals surface area contributed by atoms with Gasteiger partial charge in [0.15, 0.2) is 0 Å². The lowest BCUT2D eigenvalue weighted by atomic mass is 9.88. The third-order valence-corrected chi connectivity index (χ3v) is 3.30. The summed E-state index contributed by atoms with van der Waals surface area (Å²) in [4.78, 5) is 0. The van der Waals surface area contributed by atoms with E-state index in [4.69, 9.17) is 4.74 Å². The Morgan fingerprint density at radius 2 is 1.50 bits per heavy atom. The summed E-state index contributed by atoms with van der Waals surface area (Å²) in [5.74, 6) is 1.41. The van der Waals surface area contributed by atoms with Crippen LogP contribution in [0.25, 0.3) is 0 Å². The van der Waals surface area contributed by atoms with Gasteiger partial charge in [0.05, 0.1) is 7.11 Å². The van der Waals surface area contributed by atoms with Gasteiger partial charge in [-0.2, -0.15) is 0 Å². The third kappa shape index (κ3) is 2.92. The van der Waals surface area contributed by atoms with Gasteiger partial charge in [0.25, 0.3) is 0 Å². The third-order valence-electron chi connectivity index (χ3n) is 3.30. The first kappa shape index (κ1) is 12.7. The van der Waals surface area contributed by atoms with Gasteiger partial charge in [-0.3, -0.25) is 0 Å². The Balaban J connectivity index is 2.29. The number of ether oxygens (including phenoxy) is 1. The van der Waals surface area contributed by atoms with Crippen LogP contribution in [0.3, 0.4) is 0 Å². The van der Waals surface area contributed by atoms with E-state index in [0.717, 1.165) is 5.75 Å². The molecule has 2 rings (SSSR count). The van der Waals surface area contributed by atoms with Gasteiger partial charge in [-0.05, 0) is 29.7 Å². The fourth-order valence-electron chi connectivity index (χ4n) is 2.34. The van der Waals surface area contributed by atoms with Crippen molar-refractivity contribution in [2.75, 3.05) is 7.11 Å². The lowest BCUT2D eigenvalue weighted by Crippen LogP contribution is -2.00. The fraction of sp³-hybridized carbons (Fsp3) is 0.294. The molecule has 0 amide bonds. The molecule has 0 spiro atoms. The van der Waals surface area contributed by atoms with E-state index in [1.807, 2.05) is 12.1 Å². The van der Waals surface area contributed by atoms with Crippen LogP contribution in [0.5, 0.6) is 5.75 Å². The van der Waals surface area contributed by atoms with Gasteiger partial charge >= 0.3 is 0 Å². The summed E-state index contributed by atoms with van der Waals surface area (Å²) < 4.78 is 5.21. The van der Waals surface area contributed by atoms with Crippen LogP contribution >= 0.6 is 0 Å². The second-order valence-electron chi connectivity index (χ2n) is 4.53. The molecule has 1 atom stereocenters. The van der Waals surface area contributed by atoms with Gasteiger partial charge in [-0.15, -0.1) is 0 Å². The molecule has 1 nitrogen and oxygen atoms in total. The van der Waals surface area contributed by atoms with Crippen molar-refractivity contribution in [1.82, 2.24) is 0 Å². The predicted octanol–water partition coefficient (Wildman–Crippen LogP) is 4.63. The lowest BCUT2D eigenvalue weighted by Gasteiger charge is -2.17. The van der Waals surface area contributed by atoms with E-state index in [-0.39, 0.29) is 0 Å². The minimum Gasteiger partial charge on any atom is -0.497 e. The summed E-state index contributed by atoms with van der Waals surface area (Å²) in [6.45, 7) is 2.24. The summed E-state index contributed by atoms with van der Waals surface area (Å²) in [6, 6.07) is 19.2. The molecule has 2 aromatic rings. The zero-order valence-electron chi connectivity index (χ0n) is 11.1. The molecular formula is C17H20O. The zero-order chi connectivity index (χ0) is 12.8. The van der Waals surface area contributed by atoms with E-state index >= 15 is 0 Å². The molecule has 1 heteroatoms. The highest BCUT2D eigenvalue weighted by Crippen LogP contribution is 2.30. The summed E-state index contributed by atoms with van der Waals surface area (Å²) in [5.41, 5.74) is 2.76. The van der Waals surface area contributed by atoms with E-state index in [1.54, 1.807) is 7.11 Å². The van der Waals surface area contributed by atoms with Gasteiger partial charge < -0.3 is 4.74 Å². The molecule has 18 heavy (non-hydrogen) atoms. The molecule has 0 saturated carbocycles. The second-order valence-corrected chi connectivity index (χ2v) is 4.53. The molecule has 2 aromatic carbocycles. The van der Waals surface area contributed by atoms with Gasteiger partial charge in [0.1, 0.15) is 5.75 Å². The molecule has 0 fully saturated rings. The minimum atomic E-state index is 0.488. The fourth-order valence-corrected chi connectivity index (χ4v) is 2.34. The van der Waals surface area contributed by atoms with E-state index < -0.39 is 0 Å². The van der Waals surface area contributed by atoms with Crippen molar-refractivity contribution in [3.05, 3.63) is 65.7 Å². The molecule has 0 radical (unpaired) electrons. The first-order chi connectivity index (χ1) is 8.85. The highest BCUT2D eigenvalue weighted by atomic mass is 16.5. The summed E-state index contributed by atoms with van der Waals surface area (Å²) in [7, 11) is 1.70. The Hall–Kier alpha value is -1.76. The number of rotatable bonds is 5. The van der Waals surface area contributed by atoms with E-state index in [9.17, 15) is 0 Å².